The van der Waals surface area contributed by atoms with E-state index in [1.165, 1.54) is 16.7 Å². The Bertz CT molecular complexity index is 796. The van der Waals surface area contributed by atoms with Crippen molar-refractivity contribution >= 4 is 11.5 Å². The standard InChI is InChI=1S/C24H32O4/c1-4-6-23(26)28-22-10-9-19-17-8-7-15-13-20(25)21(27-5-2)14-18(15)16(17)11-12-24(19,22)3/h11,13-14,17,19,22,25H,4-10,12H2,1-3H3/t17?,19?,22-,24?/m0/s1. The molecule has 4 rings (SSSR count). The van der Waals surface area contributed by atoms with Crippen molar-refractivity contribution in [2.45, 2.75) is 71.8 Å². The number of aryl methyl sites for hydroxylation is 1. The number of aromatic hydroxyl groups is 1. The van der Waals surface area contributed by atoms with Gasteiger partial charge in [0.05, 0.1) is 6.61 Å². The normalized spacial score (nSPS) is 30.7. The van der Waals surface area contributed by atoms with Crippen LogP contribution in [-0.2, 0) is 16.0 Å². The number of phenolic OH excluding ortho intramolecular Hbond substituents is 1. The molecule has 3 aliphatic carbocycles. The van der Waals surface area contributed by atoms with E-state index in [1.54, 1.807) is 0 Å². The predicted octanol–water partition coefficient (Wildman–Crippen LogP) is 5.27. The first-order valence-corrected chi connectivity index (χ1v) is 10.9. The lowest BCUT2D eigenvalue weighted by molar-refractivity contribution is -0.155. The van der Waals surface area contributed by atoms with Crippen LogP contribution in [0.1, 0.15) is 70.4 Å². The predicted molar refractivity (Wildman–Crippen MR) is 109 cm³/mol. The quantitative estimate of drug-likeness (QED) is 0.703. The Morgan fingerprint density at radius 3 is 2.82 bits per heavy atom. The van der Waals surface area contributed by atoms with Gasteiger partial charge in [0.2, 0.25) is 0 Å². The highest BCUT2D eigenvalue weighted by Gasteiger charge is 2.54. The average Bonchev–Trinajstić information content (AvgIpc) is 2.99. The van der Waals surface area contributed by atoms with Crippen LogP contribution in [0.2, 0.25) is 0 Å². The van der Waals surface area contributed by atoms with Gasteiger partial charge in [-0.1, -0.05) is 19.9 Å². The van der Waals surface area contributed by atoms with Crippen LogP contribution >= 0.6 is 0 Å². The lowest BCUT2D eigenvalue weighted by Gasteiger charge is -2.46. The van der Waals surface area contributed by atoms with Crippen molar-refractivity contribution in [2.75, 3.05) is 6.61 Å². The molecule has 3 unspecified atom stereocenters. The van der Waals surface area contributed by atoms with E-state index in [0.717, 1.165) is 38.5 Å². The molecule has 1 aromatic carbocycles. The van der Waals surface area contributed by atoms with E-state index in [2.05, 4.69) is 13.0 Å². The van der Waals surface area contributed by atoms with E-state index in [1.807, 2.05) is 26.0 Å². The minimum absolute atomic E-state index is 0.0364. The summed E-state index contributed by atoms with van der Waals surface area (Å²) < 4.78 is 11.6. The maximum absolute atomic E-state index is 12.1. The van der Waals surface area contributed by atoms with Crippen LogP contribution in [0.5, 0.6) is 11.5 Å². The number of esters is 1. The largest absolute Gasteiger partial charge is 0.504 e. The van der Waals surface area contributed by atoms with Crippen LogP contribution in [0.15, 0.2) is 18.2 Å². The molecule has 0 aliphatic heterocycles. The van der Waals surface area contributed by atoms with E-state index in [9.17, 15) is 9.90 Å². The van der Waals surface area contributed by atoms with Gasteiger partial charge in [0.1, 0.15) is 6.10 Å². The SMILES string of the molecule is CCCC(=O)O[C@H]1CCC2C3CCc4cc(O)c(OCC)cc4C3=CCC21C. The monoisotopic (exact) mass is 384 g/mol. The van der Waals surface area contributed by atoms with Gasteiger partial charge in [0, 0.05) is 11.8 Å². The number of hydrogen-bond donors (Lipinski definition) is 1. The minimum atomic E-state index is -0.0463. The molecule has 4 nitrogen and oxygen atoms in total. The third kappa shape index (κ3) is 3.11. The van der Waals surface area contributed by atoms with Crippen molar-refractivity contribution in [2.24, 2.45) is 17.3 Å². The van der Waals surface area contributed by atoms with E-state index < -0.39 is 0 Å². The number of carbonyl (C=O) groups excluding carboxylic acids is 1. The third-order valence-corrected chi connectivity index (χ3v) is 7.22. The highest BCUT2D eigenvalue weighted by molar-refractivity contribution is 5.75. The van der Waals surface area contributed by atoms with Gasteiger partial charge in [-0.2, -0.15) is 0 Å². The number of carbonyl (C=O) groups is 1. The molecule has 1 N–H and O–H groups in total. The van der Waals surface area contributed by atoms with Gasteiger partial charge >= 0.3 is 5.97 Å². The van der Waals surface area contributed by atoms with E-state index in [0.29, 0.717) is 30.6 Å². The number of benzene rings is 1. The molecule has 4 atom stereocenters. The summed E-state index contributed by atoms with van der Waals surface area (Å²) >= 11 is 0. The molecule has 4 heteroatoms. The summed E-state index contributed by atoms with van der Waals surface area (Å²) in [5.41, 5.74) is 3.90. The molecule has 0 heterocycles. The van der Waals surface area contributed by atoms with Gasteiger partial charge < -0.3 is 14.6 Å². The Balaban J connectivity index is 1.64. The van der Waals surface area contributed by atoms with Crippen LogP contribution in [0.25, 0.3) is 5.57 Å². The Kier molecular flexibility index (Phi) is 5.15. The molecule has 0 aromatic heterocycles. The van der Waals surface area contributed by atoms with Gasteiger partial charge in [-0.05, 0) is 86.1 Å². The first kappa shape index (κ1) is 19.4. The Labute approximate surface area is 167 Å². The number of ether oxygens (including phenoxy) is 2. The molecule has 152 valence electrons. The Morgan fingerprint density at radius 1 is 1.25 bits per heavy atom. The molecule has 0 radical (unpaired) electrons. The van der Waals surface area contributed by atoms with E-state index in [4.69, 9.17) is 9.47 Å². The summed E-state index contributed by atoms with van der Waals surface area (Å²) in [6.07, 6.45) is 8.87. The lowest BCUT2D eigenvalue weighted by atomic mass is 9.60. The number of rotatable bonds is 5. The van der Waals surface area contributed by atoms with Gasteiger partial charge in [0.15, 0.2) is 11.5 Å². The average molecular weight is 385 g/mol. The molecule has 3 aliphatic rings. The highest BCUT2D eigenvalue weighted by atomic mass is 16.5. The van der Waals surface area contributed by atoms with E-state index >= 15 is 0 Å². The van der Waals surface area contributed by atoms with Gasteiger partial charge in [-0.15, -0.1) is 0 Å². The highest BCUT2D eigenvalue weighted by Crippen LogP contribution is 2.59. The number of allylic oxidation sites excluding steroid dienone is 2. The molecular weight excluding hydrogens is 352 g/mol. The van der Waals surface area contributed by atoms with Crippen LogP contribution < -0.4 is 4.74 Å². The van der Waals surface area contributed by atoms with Crippen molar-refractivity contribution < 1.29 is 19.4 Å². The summed E-state index contributed by atoms with van der Waals surface area (Å²) in [6, 6.07) is 3.91. The molecule has 0 bridgehead atoms. The smallest absolute Gasteiger partial charge is 0.306 e. The second-order valence-corrected chi connectivity index (χ2v) is 8.84. The number of fused-ring (bicyclic) bond motifs is 5. The minimum Gasteiger partial charge on any atom is -0.504 e. The van der Waals surface area contributed by atoms with Crippen LogP contribution in [-0.4, -0.2) is 23.8 Å². The van der Waals surface area contributed by atoms with E-state index in [-0.39, 0.29) is 23.2 Å². The van der Waals surface area contributed by atoms with Crippen molar-refractivity contribution in [1.82, 2.24) is 0 Å². The molecular formula is C24H32O4. The first-order valence-electron chi connectivity index (χ1n) is 10.9. The molecule has 0 amide bonds. The zero-order chi connectivity index (χ0) is 19.9. The summed E-state index contributed by atoms with van der Waals surface area (Å²) in [4.78, 5) is 12.1. The van der Waals surface area contributed by atoms with Gasteiger partial charge in [-0.25, -0.2) is 0 Å². The third-order valence-electron chi connectivity index (χ3n) is 7.22. The summed E-state index contributed by atoms with van der Waals surface area (Å²) in [7, 11) is 0. The molecule has 28 heavy (non-hydrogen) atoms. The number of phenols is 1. The molecule has 0 spiro atoms. The van der Waals surface area contributed by atoms with Crippen molar-refractivity contribution in [3.05, 3.63) is 29.3 Å². The van der Waals surface area contributed by atoms with Crippen LogP contribution in [0.4, 0.5) is 0 Å². The molecule has 1 aromatic rings. The molecule has 1 fully saturated rings. The maximum Gasteiger partial charge on any atom is 0.306 e. The molecule has 0 saturated heterocycles. The van der Waals surface area contributed by atoms with Crippen molar-refractivity contribution in [1.29, 1.82) is 0 Å². The van der Waals surface area contributed by atoms with Crippen molar-refractivity contribution in [3.63, 3.8) is 0 Å². The molecule has 1 saturated carbocycles. The topological polar surface area (TPSA) is 55.8 Å². The fraction of sp³-hybridized carbons (Fsp3) is 0.625. The van der Waals surface area contributed by atoms with Gasteiger partial charge in [-0.3, -0.25) is 4.79 Å². The maximum atomic E-state index is 12.1. The fourth-order valence-corrected chi connectivity index (χ4v) is 5.82. The zero-order valence-electron chi connectivity index (χ0n) is 17.3. The second-order valence-electron chi connectivity index (χ2n) is 8.84. The summed E-state index contributed by atoms with van der Waals surface area (Å²) in [6.45, 7) is 6.81. The second kappa shape index (κ2) is 7.46. The van der Waals surface area contributed by atoms with Crippen molar-refractivity contribution in [3.8, 4) is 11.5 Å². The van der Waals surface area contributed by atoms with Crippen LogP contribution in [0, 0.1) is 17.3 Å². The zero-order valence-corrected chi connectivity index (χ0v) is 17.3. The Morgan fingerprint density at radius 2 is 2.07 bits per heavy atom. The summed E-state index contributed by atoms with van der Waals surface area (Å²) in [5, 5.41) is 10.3. The Hall–Kier alpha value is -1.97. The number of hydrogen-bond acceptors (Lipinski definition) is 4. The first-order chi connectivity index (χ1) is 13.5. The van der Waals surface area contributed by atoms with Gasteiger partial charge in [0.25, 0.3) is 0 Å². The fourth-order valence-electron chi connectivity index (χ4n) is 5.82. The van der Waals surface area contributed by atoms with Crippen LogP contribution in [0.3, 0.4) is 0 Å². The summed E-state index contributed by atoms with van der Waals surface area (Å²) in [5.74, 6) is 1.82. The lowest BCUT2D eigenvalue weighted by Crippen LogP contribution is -2.41.